The van der Waals surface area contributed by atoms with E-state index < -0.39 is 17.9 Å². The number of hydrogen-bond donors (Lipinski definition) is 3. The molecule has 0 spiro atoms. The van der Waals surface area contributed by atoms with Crippen LogP contribution in [0.15, 0.2) is 41.1 Å². The van der Waals surface area contributed by atoms with E-state index in [0.717, 1.165) is 0 Å². The van der Waals surface area contributed by atoms with E-state index >= 15 is 0 Å². The summed E-state index contributed by atoms with van der Waals surface area (Å²) < 4.78 is 5.09. The highest BCUT2D eigenvalue weighted by molar-refractivity contribution is 7.07. The van der Waals surface area contributed by atoms with E-state index in [2.05, 4.69) is 10.6 Å². The summed E-state index contributed by atoms with van der Waals surface area (Å²) in [4.78, 5) is 23.6. The Bertz CT molecular complexity index is 643. The Hall–Kier alpha value is -2.38. The van der Waals surface area contributed by atoms with Crippen LogP contribution in [0.3, 0.4) is 0 Å². The lowest BCUT2D eigenvalue weighted by Crippen LogP contribution is -2.37. The van der Waals surface area contributed by atoms with Crippen molar-refractivity contribution in [2.24, 2.45) is 0 Å². The first kappa shape index (κ1) is 16.0. The molecule has 7 heteroatoms. The second kappa shape index (κ2) is 7.58. The van der Waals surface area contributed by atoms with Crippen molar-refractivity contribution >= 4 is 28.8 Å². The number of amides is 2. The summed E-state index contributed by atoms with van der Waals surface area (Å²) in [6.45, 7) is -0.0328. The van der Waals surface area contributed by atoms with Gasteiger partial charge in [-0.2, -0.15) is 11.3 Å². The summed E-state index contributed by atoms with van der Waals surface area (Å²) >= 11 is 1.45. The van der Waals surface area contributed by atoms with Gasteiger partial charge in [0.1, 0.15) is 5.75 Å². The molecule has 3 N–H and O–H groups in total. The molecular formula is C15H16N2O4S. The number of methoxy groups -OCH3 is 1. The van der Waals surface area contributed by atoms with E-state index in [9.17, 15) is 14.7 Å². The molecular weight excluding hydrogens is 304 g/mol. The molecule has 1 atom stereocenters. The van der Waals surface area contributed by atoms with Crippen LogP contribution in [-0.2, 0) is 9.59 Å². The van der Waals surface area contributed by atoms with E-state index in [0.29, 0.717) is 17.0 Å². The maximum atomic E-state index is 11.8. The predicted octanol–water partition coefficient (Wildman–Crippen LogP) is 1.54. The SMILES string of the molecule is COc1ccccc1NC(=O)C(=O)NCC(O)c1ccsc1. The standard InChI is InChI=1S/C15H16N2O4S/c1-21-13-5-3-2-4-11(13)17-15(20)14(19)16-8-12(18)10-6-7-22-9-10/h2-7,9,12,18H,8H2,1H3,(H,16,19)(H,17,20). The molecule has 1 aromatic carbocycles. The molecule has 0 radical (unpaired) electrons. The number of ether oxygens (including phenoxy) is 1. The number of benzene rings is 1. The van der Waals surface area contributed by atoms with Crippen LogP contribution in [0, 0.1) is 0 Å². The van der Waals surface area contributed by atoms with Gasteiger partial charge in [0.05, 0.1) is 18.9 Å². The Labute approximate surface area is 131 Å². The third-order valence-corrected chi connectivity index (χ3v) is 3.65. The van der Waals surface area contributed by atoms with Gasteiger partial charge in [0, 0.05) is 6.54 Å². The summed E-state index contributed by atoms with van der Waals surface area (Å²) in [7, 11) is 1.47. The average molecular weight is 320 g/mol. The number of carbonyl (C=O) groups excluding carboxylic acids is 2. The van der Waals surface area contributed by atoms with Crippen LogP contribution in [0.2, 0.25) is 0 Å². The number of carbonyl (C=O) groups is 2. The molecule has 0 aliphatic carbocycles. The average Bonchev–Trinajstić information content (AvgIpc) is 3.07. The Morgan fingerprint density at radius 3 is 2.73 bits per heavy atom. The van der Waals surface area contributed by atoms with Crippen LogP contribution in [0.4, 0.5) is 5.69 Å². The zero-order chi connectivity index (χ0) is 15.9. The second-order valence-corrected chi connectivity index (χ2v) is 5.22. The van der Waals surface area contributed by atoms with Crippen molar-refractivity contribution in [2.75, 3.05) is 19.0 Å². The van der Waals surface area contributed by atoms with Gasteiger partial charge in [-0.15, -0.1) is 0 Å². The third-order valence-electron chi connectivity index (χ3n) is 2.95. The number of hydrogen-bond acceptors (Lipinski definition) is 5. The van der Waals surface area contributed by atoms with Gasteiger partial charge in [0.2, 0.25) is 0 Å². The Balaban J connectivity index is 1.88. The monoisotopic (exact) mass is 320 g/mol. The number of rotatable bonds is 5. The number of anilines is 1. The first-order valence-electron chi connectivity index (χ1n) is 6.54. The van der Waals surface area contributed by atoms with Crippen LogP contribution >= 0.6 is 11.3 Å². The van der Waals surface area contributed by atoms with Crippen molar-refractivity contribution in [3.05, 3.63) is 46.7 Å². The molecule has 1 heterocycles. The van der Waals surface area contributed by atoms with E-state index in [1.54, 1.807) is 35.7 Å². The van der Waals surface area contributed by atoms with Crippen molar-refractivity contribution < 1.29 is 19.4 Å². The third kappa shape index (κ3) is 4.06. The first-order chi connectivity index (χ1) is 10.6. The van der Waals surface area contributed by atoms with Gasteiger partial charge in [-0.1, -0.05) is 12.1 Å². The minimum atomic E-state index is -0.839. The normalized spacial score (nSPS) is 11.5. The van der Waals surface area contributed by atoms with Crippen LogP contribution in [0.25, 0.3) is 0 Å². The molecule has 2 rings (SSSR count). The molecule has 0 aliphatic rings. The number of aliphatic hydroxyl groups is 1. The molecule has 0 aliphatic heterocycles. The summed E-state index contributed by atoms with van der Waals surface area (Å²) in [5, 5.41) is 18.3. The summed E-state index contributed by atoms with van der Waals surface area (Å²) in [6, 6.07) is 8.54. The largest absolute Gasteiger partial charge is 0.495 e. The van der Waals surface area contributed by atoms with Gasteiger partial charge < -0.3 is 20.5 Å². The highest BCUT2D eigenvalue weighted by Crippen LogP contribution is 2.22. The maximum Gasteiger partial charge on any atom is 0.313 e. The van der Waals surface area contributed by atoms with Crippen LogP contribution in [0.5, 0.6) is 5.75 Å². The van der Waals surface area contributed by atoms with Crippen molar-refractivity contribution in [3.8, 4) is 5.75 Å². The fourth-order valence-electron chi connectivity index (χ4n) is 1.78. The quantitative estimate of drug-likeness (QED) is 0.729. The lowest BCUT2D eigenvalue weighted by molar-refractivity contribution is -0.136. The molecule has 6 nitrogen and oxygen atoms in total. The van der Waals surface area contributed by atoms with Crippen LogP contribution in [0.1, 0.15) is 11.7 Å². The molecule has 22 heavy (non-hydrogen) atoms. The van der Waals surface area contributed by atoms with E-state index in [4.69, 9.17) is 4.74 Å². The minimum Gasteiger partial charge on any atom is -0.495 e. The highest BCUT2D eigenvalue weighted by atomic mass is 32.1. The fraction of sp³-hybridized carbons (Fsp3) is 0.200. The highest BCUT2D eigenvalue weighted by Gasteiger charge is 2.17. The smallest absolute Gasteiger partial charge is 0.313 e. The Morgan fingerprint density at radius 1 is 1.27 bits per heavy atom. The number of thiophene rings is 1. The predicted molar refractivity (Wildman–Crippen MR) is 83.9 cm³/mol. The number of aliphatic hydroxyl groups excluding tert-OH is 1. The molecule has 1 unspecified atom stereocenters. The van der Waals surface area contributed by atoms with E-state index in [1.807, 2.05) is 5.38 Å². The van der Waals surface area contributed by atoms with Crippen molar-refractivity contribution in [1.29, 1.82) is 0 Å². The van der Waals surface area contributed by atoms with Gasteiger partial charge in [-0.05, 0) is 34.5 Å². The van der Waals surface area contributed by atoms with Crippen LogP contribution in [-0.4, -0.2) is 30.6 Å². The summed E-state index contributed by atoms with van der Waals surface area (Å²) in [5.41, 5.74) is 1.11. The fourth-order valence-corrected chi connectivity index (χ4v) is 2.49. The second-order valence-electron chi connectivity index (χ2n) is 4.44. The van der Waals surface area contributed by atoms with E-state index in [1.165, 1.54) is 18.4 Å². The van der Waals surface area contributed by atoms with Crippen molar-refractivity contribution in [1.82, 2.24) is 5.32 Å². The van der Waals surface area contributed by atoms with Gasteiger partial charge in [-0.3, -0.25) is 9.59 Å². The number of para-hydroxylation sites is 2. The molecule has 1 aromatic heterocycles. The summed E-state index contributed by atoms with van der Waals surface area (Å²) in [5.74, 6) is -1.18. The van der Waals surface area contributed by atoms with Gasteiger partial charge in [0.25, 0.3) is 0 Å². The van der Waals surface area contributed by atoms with Gasteiger partial charge in [0.15, 0.2) is 0 Å². The summed E-state index contributed by atoms with van der Waals surface area (Å²) in [6.07, 6.45) is -0.839. The number of nitrogens with one attached hydrogen (secondary N) is 2. The maximum absolute atomic E-state index is 11.8. The lowest BCUT2D eigenvalue weighted by atomic mass is 10.2. The molecule has 0 bridgehead atoms. The molecule has 0 saturated carbocycles. The topological polar surface area (TPSA) is 87.7 Å². The zero-order valence-corrected chi connectivity index (χ0v) is 12.7. The van der Waals surface area contributed by atoms with Crippen LogP contribution < -0.4 is 15.4 Å². The first-order valence-corrected chi connectivity index (χ1v) is 7.48. The minimum absolute atomic E-state index is 0.0328. The Kier molecular flexibility index (Phi) is 5.51. The van der Waals surface area contributed by atoms with Gasteiger partial charge >= 0.3 is 11.8 Å². The molecule has 116 valence electrons. The molecule has 2 aromatic rings. The van der Waals surface area contributed by atoms with Crippen molar-refractivity contribution in [3.63, 3.8) is 0 Å². The molecule has 2 amide bonds. The molecule has 0 fully saturated rings. The molecule has 0 saturated heterocycles. The van der Waals surface area contributed by atoms with Crippen molar-refractivity contribution in [2.45, 2.75) is 6.10 Å². The van der Waals surface area contributed by atoms with E-state index in [-0.39, 0.29) is 6.54 Å². The Morgan fingerprint density at radius 2 is 2.05 bits per heavy atom. The lowest BCUT2D eigenvalue weighted by Gasteiger charge is -2.12. The zero-order valence-electron chi connectivity index (χ0n) is 11.9. The van der Waals surface area contributed by atoms with Gasteiger partial charge in [-0.25, -0.2) is 0 Å².